The number of aliphatic hydroxyl groups excluding tert-OH is 1. The SMILES string of the molecule is Cc1cc(N(C)CCc2ccncc2)c(CO)cn1. The number of nitrogens with zero attached hydrogens (tertiary/aromatic N) is 3. The number of pyridine rings is 2. The first-order chi connectivity index (χ1) is 9.20. The van der Waals surface area contributed by atoms with E-state index in [1.165, 1.54) is 5.56 Å². The Morgan fingerprint density at radius 1 is 1.26 bits per heavy atom. The van der Waals surface area contributed by atoms with E-state index in [1.54, 1.807) is 6.20 Å². The fourth-order valence-corrected chi connectivity index (χ4v) is 2.02. The largest absolute Gasteiger partial charge is 0.392 e. The van der Waals surface area contributed by atoms with Gasteiger partial charge in [-0.25, -0.2) is 0 Å². The normalized spacial score (nSPS) is 10.5. The van der Waals surface area contributed by atoms with Gasteiger partial charge < -0.3 is 10.0 Å². The molecule has 0 fully saturated rings. The van der Waals surface area contributed by atoms with Crippen LogP contribution in [-0.2, 0) is 13.0 Å². The molecule has 0 atom stereocenters. The maximum Gasteiger partial charge on any atom is 0.0717 e. The Morgan fingerprint density at radius 2 is 2.00 bits per heavy atom. The van der Waals surface area contributed by atoms with Gasteiger partial charge in [-0.15, -0.1) is 0 Å². The van der Waals surface area contributed by atoms with Gasteiger partial charge in [-0.1, -0.05) is 0 Å². The smallest absolute Gasteiger partial charge is 0.0717 e. The molecular formula is C15H19N3O. The third-order valence-corrected chi connectivity index (χ3v) is 3.17. The van der Waals surface area contributed by atoms with Crippen molar-refractivity contribution in [2.45, 2.75) is 20.0 Å². The predicted octanol–water partition coefficient (Wildman–Crippen LogP) is 1.96. The summed E-state index contributed by atoms with van der Waals surface area (Å²) < 4.78 is 0. The molecular weight excluding hydrogens is 238 g/mol. The van der Waals surface area contributed by atoms with E-state index >= 15 is 0 Å². The van der Waals surface area contributed by atoms with E-state index in [1.807, 2.05) is 44.6 Å². The molecule has 4 nitrogen and oxygen atoms in total. The number of hydrogen-bond acceptors (Lipinski definition) is 4. The molecule has 1 N–H and O–H groups in total. The van der Waals surface area contributed by atoms with Gasteiger partial charge in [-0.2, -0.15) is 0 Å². The molecule has 0 aliphatic rings. The van der Waals surface area contributed by atoms with Crippen LogP contribution < -0.4 is 4.90 Å². The molecule has 100 valence electrons. The summed E-state index contributed by atoms with van der Waals surface area (Å²) in [5.41, 5.74) is 4.13. The van der Waals surface area contributed by atoms with E-state index in [2.05, 4.69) is 14.9 Å². The lowest BCUT2D eigenvalue weighted by Gasteiger charge is -2.22. The van der Waals surface area contributed by atoms with Crippen LogP contribution in [0.4, 0.5) is 5.69 Å². The van der Waals surface area contributed by atoms with Crippen LogP contribution in [0.5, 0.6) is 0 Å². The molecule has 2 rings (SSSR count). The number of aryl methyl sites for hydroxylation is 1. The topological polar surface area (TPSA) is 49.2 Å². The zero-order valence-electron chi connectivity index (χ0n) is 11.4. The van der Waals surface area contributed by atoms with Gasteiger partial charge >= 0.3 is 0 Å². The zero-order valence-corrected chi connectivity index (χ0v) is 11.4. The summed E-state index contributed by atoms with van der Waals surface area (Å²) in [5, 5.41) is 9.37. The summed E-state index contributed by atoms with van der Waals surface area (Å²) >= 11 is 0. The van der Waals surface area contributed by atoms with Crippen LogP contribution in [-0.4, -0.2) is 28.7 Å². The molecule has 0 amide bonds. The van der Waals surface area contributed by atoms with Gasteiger partial charge in [0.25, 0.3) is 0 Å². The molecule has 0 spiro atoms. The Labute approximate surface area is 113 Å². The molecule has 19 heavy (non-hydrogen) atoms. The summed E-state index contributed by atoms with van der Waals surface area (Å²) in [6, 6.07) is 6.06. The maximum atomic E-state index is 9.37. The van der Waals surface area contributed by atoms with E-state index in [0.717, 1.165) is 29.9 Å². The number of rotatable bonds is 5. The first-order valence-electron chi connectivity index (χ1n) is 6.37. The lowest BCUT2D eigenvalue weighted by atomic mass is 10.1. The highest BCUT2D eigenvalue weighted by atomic mass is 16.3. The van der Waals surface area contributed by atoms with Gasteiger partial charge in [0.2, 0.25) is 0 Å². The molecule has 0 aromatic carbocycles. The van der Waals surface area contributed by atoms with Crippen molar-refractivity contribution in [1.82, 2.24) is 9.97 Å². The molecule has 0 saturated heterocycles. The van der Waals surface area contributed by atoms with Crippen molar-refractivity contribution >= 4 is 5.69 Å². The number of anilines is 1. The van der Waals surface area contributed by atoms with Crippen LogP contribution in [0.3, 0.4) is 0 Å². The minimum Gasteiger partial charge on any atom is -0.392 e. The fourth-order valence-electron chi connectivity index (χ4n) is 2.02. The minimum atomic E-state index is 0.0161. The van der Waals surface area contributed by atoms with Gasteiger partial charge in [0.1, 0.15) is 0 Å². The molecule has 0 bridgehead atoms. The highest BCUT2D eigenvalue weighted by Gasteiger charge is 2.08. The monoisotopic (exact) mass is 257 g/mol. The second kappa shape index (κ2) is 6.29. The zero-order chi connectivity index (χ0) is 13.7. The Bertz CT molecular complexity index is 528. The lowest BCUT2D eigenvalue weighted by molar-refractivity contribution is 0.281. The average molecular weight is 257 g/mol. The molecule has 2 aromatic rings. The standard InChI is InChI=1S/C15H19N3O/c1-12-9-15(14(11-19)10-17-12)18(2)8-5-13-3-6-16-7-4-13/h3-4,6-7,9-10,19H,5,8,11H2,1-2H3. The number of hydrogen-bond donors (Lipinski definition) is 1. The number of aromatic nitrogens is 2. The second-order valence-corrected chi connectivity index (χ2v) is 4.64. The summed E-state index contributed by atoms with van der Waals surface area (Å²) in [5.74, 6) is 0. The lowest BCUT2D eigenvalue weighted by Crippen LogP contribution is -2.22. The third-order valence-electron chi connectivity index (χ3n) is 3.17. The maximum absolute atomic E-state index is 9.37. The van der Waals surface area contributed by atoms with Crippen molar-refractivity contribution < 1.29 is 5.11 Å². The molecule has 0 aliphatic carbocycles. The minimum absolute atomic E-state index is 0.0161. The molecule has 2 aromatic heterocycles. The number of likely N-dealkylation sites (N-methyl/N-ethyl adjacent to an activating group) is 1. The van der Waals surface area contributed by atoms with Crippen molar-refractivity contribution in [3.05, 3.63) is 53.6 Å². The predicted molar refractivity (Wildman–Crippen MR) is 76.1 cm³/mol. The summed E-state index contributed by atoms with van der Waals surface area (Å²) in [6.07, 6.45) is 6.31. The van der Waals surface area contributed by atoms with Crippen molar-refractivity contribution in [3.8, 4) is 0 Å². The van der Waals surface area contributed by atoms with Crippen LogP contribution in [0.25, 0.3) is 0 Å². The second-order valence-electron chi connectivity index (χ2n) is 4.64. The highest BCUT2D eigenvalue weighted by Crippen LogP contribution is 2.20. The van der Waals surface area contributed by atoms with Crippen LogP contribution in [0, 0.1) is 6.92 Å². The van der Waals surface area contributed by atoms with E-state index in [-0.39, 0.29) is 6.61 Å². The van der Waals surface area contributed by atoms with Crippen molar-refractivity contribution in [1.29, 1.82) is 0 Å². The van der Waals surface area contributed by atoms with Gasteiger partial charge in [0.15, 0.2) is 0 Å². The van der Waals surface area contributed by atoms with Crippen molar-refractivity contribution in [2.24, 2.45) is 0 Å². The van der Waals surface area contributed by atoms with Crippen LogP contribution in [0.15, 0.2) is 36.8 Å². The third kappa shape index (κ3) is 3.51. The van der Waals surface area contributed by atoms with E-state index in [0.29, 0.717) is 0 Å². The van der Waals surface area contributed by atoms with E-state index in [9.17, 15) is 5.11 Å². The molecule has 2 heterocycles. The summed E-state index contributed by atoms with van der Waals surface area (Å²) in [6.45, 7) is 2.87. The van der Waals surface area contributed by atoms with Crippen molar-refractivity contribution in [2.75, 3.05) is 18.5 Å². The van der Waals surface area contributed by atoms with Gasteiger partial charge in [-0.3, -0.25) is 9.97 Å². The van der Waals surface area contributed by atoms with Crippen LogP contribution in [0.1, 0.15) is 16.8 Å². The Morgan fingerprint density at radius 3 is 2.68 bits per heavy atom. The summed E-state index contributed by atoms with van der Waals surface area (Å²) in [7, 11) is 2.04. The number of aliphatic hydroxyl groups is 1. The first-order valence-corrected chi connectivity index (χ1v) is 6.37. The summed E-state index contributed by atoms with van der Waals surface area (Å²) in [4.78, 5) is 10.4. The molecule has 0 unspecified atom stereocenters. The first kappa shape index (κ1) is 13.5. The molecule has 0 aliphatic heterocycles. The van der Waals surface area contributed by atoms with Crippen molar-refractivity contribution in [3.63, 3.8) is 0 Å². The molecule has 0 saturated carbocycles. The van der Waals surface area contributed by atoms with Crippen LogP contribution in [0.2, 0.25) is 0 Å². The Kier molecular flexibility index (Phi) is 4.47. The van der Waals surface area contributed by atoms with Gasteiger partial charge in [0.05, 0.1) is 6.61 Å². The molecule has 0 radical (unpaired) electrons. The van der Waals surface area contributed by atoms with E-state index < -0.39 is 0 Å². The van der Waals surface area contributed by atoms with Crippen LogP contribution >= 0.6 is 0 Å². The van der Waals surface area contributed by atoms with Gasteiger partial charge in [-0.05, 0) is 37.1 Å². The molecule has 4 heteroatoms. The van der Waals surface area contributed by atoms with Gasteiger partial charge in [0, 0.05) is 49.1 Å². The average Bonchev–Trinajstić information content (AvgIpc) is 2.46. The van der Waals surface area contributed by atoms with E-state index in [4.69, 9.17) is 0 Å². The highest BCUT2D eigenvalue weighted by molar-refractivity contribution is 5.52. The Hall–Kier alpha value is -1.94. The fraction of sp³-hybridized carbons (Fsp3) is 0.333. The Balaban J connectivity index is 2.07. The quantitative estimate of drug-likeness (QED) is 0.889.